The summed E-state index contributed by atoms with van der Waals surface area (Å²) in [5, 5.41) is 0. The predicted molar refractivity (Wildman–Crippen MR) is 70.7 cm³/mol. The van der Waals surface area contributed by atoms with Crippen LogP contribution in [-0.2, 0) is 0 Å². The third kappa shape index (κ3) is 1.90. The third-order valence-electron chi connectivity index (χ3n) is 4.19. The van der Waals surface area contributed by atoms with Crippen LogP contribution in [0, 0.1) is 0 Å². The monoisotopic (exact) mass is 245 g/mol. The first kappa shape index (κ1) is 11.7. The smallest absolute Gasteiger partial charge is 0.161 e. The number of nitrogens with zero attached hydrogens (tertiary/aromatic N) is 2. The lowest BCUT2D eigenvalue weighted by molar-refractivity contribution is 0.101. The van der Waals surface area contributed by atoms with Gasteiger partial charge in [-0.15, -0.1) is 0 Å². The Morgan fingerprint density at radius 2 is 2.00 bits per heavy atom. The number of nitrogens with two attached hydrogens (primary N) is 1. The van der Waals surface area contributed by atoms with Crippen LogP contribution in [0.15, 0.2) is 18.3 Å². The quantitative estimate of drug-likeness (QED) is 0.806. The van der Waals surface area contributed by atoms with Gasteiger partial charge in [0.2, 0.25) is 0 Å². The molecule has 1 aromatic heterocycles. The molecule has 2 saturated heterocycles. The first-order valence-corrected chi connectivity index (χ1v) is 6.66. The molecule has 0 radical (unpaired) electrons. The number of carbonyl (C=O) groups is 1. The topological polar surface area (TPSA) is 59.2 Å². The fourth-order valence-corrected chi connectivity index (χ4v) is 3.34. The van der Waals surface area contributed by atoms with E-state index in [9.17, 15) is 4.79 Å². The zero-order valence-electron chi connectivity index (χ0n) is 10.7. The van der Waals surface area contributed by atoms with Crippen LogP contribution in [0.3, 0.4) is 0 Å². The lowest BCUT2D eigenvalue weighted by Crippen LogP contribution is -2.47. The maximum atomic E-state index is 11.2. The number of hydrogen-bond acceptors (Lipinski definition) is 4. The average Bonchev–Trinajstić information content (AvgIpc) is 2.62. The van der Waals surface area contributed by atoms with Gasteiger partial charge in [-0.3, -0.25) is 4.79 Å². The maximum absolute atomic E-state index is 11.2. The number of aromatic nitrogens is 1. The molecule has 3 heterocycles. The van der Waals surface area contributed by atoms with Crippen LogP contribution in [0.1, 0.15) is 43.0 Å². The molecular formula is C14H19N3O. The molecular weight excluding hydrogens is 226 g/mol. The summed E-state index contributed by atoms with van der Waals surface area (Å²) in [5.74, 6) is 1.07. The number of rotatable bonds is 2. The lowest BCUT2D eigenvalue weighted by atomic mass is 9.98. The van der Waals surface area contributed by atoms with Crippen LogP contribution >= 0.6 is 0 Å². The van der Waals surface area contributed by atoms with Crippen LogP contribution in [-0.4, -0.2) is 28.9 Å². The summed E-state index contributed by atoms with van der Waals surface area (Å²) in [6.45, 7) is 1.57. The minimum absolute atomic E-state index is 0.0673. The Kier molecular flexibility index (Phi) is 2.82. The molecule has 2 N–H and O–H groups in total. The van der Waals surface area contributed by atoms with E-state index in [1.165, 1.54) is 12.8 Å². The molecule has 1 aromatic rings. The summed E-state index contributed by atoms with van der Waals surface area (Å²) in [7, 11) is 0. The van der Waals surface area contributed by atoms with Gasteiger partial charge in [0.25, 0.3) is 0 Å². The SMILES string of the molecule is CC(=O)c1ccc(N2[C@@H]3CC[C@H]2CC(N)C3)nc1. The van der Waals surface area contributed by atoms with Gasteiger partial charge < -0.3 is 10.6 Å². The number of fused-ring (bicyclic) bond motifs is 2. The highest BCUT2D eigenvalue weighted by molar-refractivity contribution is 5.93. The van der Waals surface area contributed by atoms with Crippen molar-refractivity contribution in [2.24, 2.45) is 5.73 Å². The number of piperidine rings is 1. The van der Waals surface area contributed by atoms with Crippen LogP contribution in [0.4, 0.5) is 5.82 Å². The van der Waals surface area contributed by atoms with Crippen LogP contribution in [0.5, 0.6) is 0 Å². The molecule has 3 atom stereocenters. The number of ketones is 1. The van der Waals surface area contributed by atoms with Gasteiger partial charge >= 0.3 is 0 Å². The maximum Gasteiger partial charge on any atom is 0.161 e. The van der Waals surface area contributed by atoms with E-state index >= 15 is 0 Å². The minimum atomic E-state index is 0.0673. The van der Waals surface area contributed by atoms with Gasteiger partial charge in [-0.25, -0.2) is 4.98 Å². The average molecular weight is 245 g/mol. The van der Waals surface area contributed by atoms with E-state index in [0.717, 1.165) is 18.7 Å². The number of anilines is 1. The van der Waals surface area contributed by atoms with Crippen molar-refractivity contribution in [2.45, 2.75) is 50.7 Å². The standard InChI is InChI=1S/C14H19N3O/c1-9(18)10-2-5-14(16-8-10)17-12-3-4-13(17)7-11(15)6-12/h2,5,8,11-13H,3-4,6-7,15H2,1H3/t11?,12-,13+. The van der Waals surface area contributed by atoms with Crippen LogP contribution in [0.2, 0.25) is 0 Å². The summed E-state index contributed by atoms with van der Waals surface area (Å²) < 4.78 is 0. The molecule has 4 heteroatoms. The molecule has 1 unspecified atom stereocenters. The fraction of sp³-hybridized carbons (Fsp3) is 0.571. The fourth-order valence-electron chi connectivity index (χ4n) is 3.34. The minimum Gasteiger partial charge on any atom is -0.351 e. The first-order chi connectivity index (χ1) is 8.65. The molecule has 0 amide bonds. The molecule has 2 aliphatic rings. The largest absolute Gasteiger partial charge is 0.351 e. The van der Waals surface area contributed by atoms with Crippen LogP contribution in [0.25, 0.3) is 0 Å². The second-order valence-corrected chi connectivity index (χ2v) is 5.49. The second kappa shape index (κ2) is 4.35. The first-order valence-electron chi connectivity index (χ1n) is 6.66. The predicted octanol–water partition coefficient (Wildman–Crippen LogP) is 1.74. The molecule has 0 spiro atoms. The van der Waals surface area contributed by atoms with Gasteiger partial charge in [0.15, 0.2) is 5.78 Å². The number of hydrogen-bond donors (Lipinski definition) is 1. The van der Waals surface area contributed by atoms with Gasteiger partial charge in [-0.1, -0.05) is 0 Å². The van der Waals surface area contributed by atoms with Crippen molar-refractivity contribution in [3.8, 4) is 0 Å². The van der Waals surface area contributed by atoms with Gasteiger partial charge in [-0.2, -0.15) is 0 Å². The van der Waals surface area contributed by atoms with E-state index in [4.69, 9.17) is 5.73 Å². The molecule has 96 valence electrons. The summed E-state index contributed by atoms with van der Waals surface area (Å²) in [4.78, 5) is 18.1. The zero-order chi connectivity index (χ0) is 12.7. The Balaban J connectivity index is 1.85. The molecule has 0 aliphatic carbocycles. The summed E-state index contributed by atoms with van der Waals surface area (Å²) >= 11 is 0. The highest BCUT2D eigenvalue weighted by atomic mass is 16.1. The van der Waals surface area contributed by atoms with Crippen molar-refractivity contribution in [3.63, 3.8) is 0 Å². The summed E-state index contributed by atoms with van der Waals surface area (Å²) in [6.07, 6.45) is 6.24. The van der Waals surface area contributed by atoms with Crippen molar-refractivity contribution in [3.05, 3.63) is 23.9 Å². The Morgan fingerprint density at radius 3 is 2.50 bits per heavy atom. The van der Waals surface area contributed by atoms with Crippen molar-refractivity contribution in [1.29, 1.82) is 0 Å². The van der Waals surface area contributed by atoms with E-state index in [0.29, 0.717) is 23.7 Å². The van der Waals surface area contributed by atoms with E-state index in [1.807, 2.05) is 12.1 Å². The molecule has 4 nitrogen and oxygen atoms in total. The van der Waals surface area contributed by atoms with E-state index in [2.05, 4.69) is 9.88 Å². The number of Topliss-reactive ketones (excluding diaryl/α,β-unsaturated/α-hetero) is 1. The second-order valence-electron chi connectivity index (χ2n) is 5.49. The van der Waals surface area contributed by atoms with Gasteiger partial charge in [0.05, 0.1) is 0 Å². The Labute approximate surface area is 107 Å². The summed E-state index contributed by atoms with van der Waals surface area (Å²) in [6, 6.07) is 5.26. The van der Waals surface area contributed by atoms with Crippen molar-refractivity contribution < 1.29 is 4.79 Å². The van der Waals surface area contributed by atoms with E-state index in [1.54, 1.807) is 13.1 Å². The molecule has 0 saturated carbocycles. The number of carbonyl (C=O) groups excluding carboxylic acids is 1. The van der Waals surface area contributed by atoms with Gasteiger partial charge in [0, 0.05) is 29.9 Å². The summed E-state index contributed by atoms with van der Waals surface area (Å²) in [5.41, 5.74) is 6.75. The molecule has 0 aromatic carbocycles. The van der Waals surface area contributed by atoms with E-state index < -0.39 is 0 Å². The van der Waals surface area contributed by atoms with Crippen LogP contribution < -0.4 is 10.6 Å². The molecule has 3 rings (SSSR count). The molecule has 2 bridgehead atoms. The molecule has 18 heavy (non-hydrogen) atoms. The van der Waals surface area contributed by atoms with Crippen molar-refractivity contribution in [2.75, 3.05) is 4.90 Å². The normalized spacial score (nSPS) is 30.6. The molecule has 2 aliphatic heterocycles. The van der Waals surface area contributed by atoms with Gasteiger partial charge in [0.1, 0.15) is 5.82 Å². The zero-order valence-corrected chi connectivity index (χ0v) is 10.7. The highest BCUT2D eigenvalue weighted by Crippen LogP contribution is 2.37. The van der Waals surface area contributed by atoms with Gasteiger partial charge in [-0.05, 0) is 44.7 Å². The Bertz CT molecular complexity index is 443. The third-order valence-corrected chi connectivity index (χ3v) is 4.19. The Morgan fingerprint density at radius 1 is 1.33 bits per heavy atom. The highest BCUT2D eigenvalue weighted by Gasteiger charge is 2.40. The molecule has 2 fully saturated rings. The van der Waals surface area contributed by atoms with Crippen molar-refractivity contribution >= 4 is 11.6 Å². The lowest BCUT2D eigenvalue weighted by Gasteiger charge is -2.38. The number of pyridine rings is 1. The Hall–Kier alpha value is -1.42. The van der Waals surface area contributed by atoms with Crippen molar-refractivity contribution in [1.82, 2.24) is 4.98 Å². The van der Waals surface area contributed by atoms with E-state index in [-0.39, 0.29) is 5.78 Å².